The average Bonchev–Trinajstić information content (AvgIpc) is 3.21. The number of carbonyl (C=O) groups is 1. The summed E-state index contributed by atoms with van der Waals surface area (Å²) in [6, 6.07) is 25.6. The molecule has 7 rings (SSSR count). The van der Waals surface area contributed by atoms with Gasteiger partial charge in [0.1, 0.15) is 29.1 Å². The quantitative estimate of drug-likeness (QED) is 0.160. The zero-order chi connectivity index (χ0) is 37.9. The Balaban J connectivity index is 1.28. The van der Waals surface area contributed by atoms with E-state index in [0.29, 0.717) is 72.6 Å². The van der Waals surface area contributed by atoms with E-state index in [-0.39, 0.29) is 22.7 Å². The summed E-state index contributed by atoms with van der Waals surface area (Å²) in [6.07, 6.45) is 9.89. The van der Waals surface area contributed by atoms with E-state index >= 15 is 0 Å². The summed E-state index contributed by atoms with van der Waals surface area (Å²) in [6.45, 7) is 0. The highest BCUT2D eigenvalue weighted by molar-refractivity contribution is 6.32. The summed E-state index contributed by atoms with van der Waals surface area (Å²) >= 11 is 13.2. The molecule has 0 saturated heterocycles. The minimum Gasteiger partial charge on any atom is -0.506 e. The highest BCUT2D eigenvalue weighted by Gasteiger charge is 2.33. The van der Waals surface area contributed by atoms with Crippen LogP contribution in [0.25, 0.3) is 17.3 Å². The van der Waals surface area contributed by atoms with Crippen LogP contribution in [0.15, 0.2) is 149 Å². The summed E-state index contributed by atoms with van der Waals surface area (Å²) in [5.74, 6) is 3.16. The maximum Gasteiger partial charge on any atom is 0.200 e. The molecule has 4 aromatic carbocycles. The molecule has 272 valence electrons. The van der Waals surface area contributed by atoms with Crippen LogP contribution >= 0.6 is 23.2 Å². The molecule has 0 saturated carbocycles. The van der Waals surface area contributed by atoms with Gasteiger partial charge in [-0.15, -0.1) is 0 Å². The van der Waals surface area contributed by atoms with Gasteiger partial charge in [-0.25, -0.2) is 0 Å². The number of allylic oxidation sites excluding steroid dienone is 9. The van der Waals surface area contributed by atoms with Crippen molar-refractivity contribution < 1.29 is 38.3 Å². The zero-order valence-corrected chi connectivity index (χ0v) is 31.2. The molecule has 1 N–H and O–H groups in total. The number of Topliss-reactive ketones (excluding diaryl/α,β-unsaturated/α-hetero) is 1. The first-order valence-electron chi connectivity index (χ1n) is 16.8. The maximum absolute atomic E-state index is 13.8. The van der Waals surface area contributed by atoms with Crippen molar-refractivity contribution in [3.8, 4) is 23.0 Å². The van der Waals surface area contributed by atoms with Crippen LogP contribution in [0, 0.1) is 0 Å². The average molecular weight is 762 g/mol. The van der Waals surface area contributed by atoms with Crippen molar-refractivity contribution >= 4 is 46.3 Å². The number of hydrogen-bond donors (Lipinski definition) is 1. The van der Waals surface area contributed by atoms with Gasteiger partial charge in [0.05, 0.1) is 44.6 Å². The fourth-order valence-corrected chi connectivity index (χ4v) is 6.72. The Bertz CT molecular complexity index is 2390. The lowest BCUT2D eigenvalue weighted by Gasteiger charge is -2.26. The summed E-state index contributed by atoms with van der Waals surface area (Å²) < 4.78 is 34.7. The number of aliphatic hydroxyl groups excluding tert-OH is 1. The summed E-state index contributed by atoms with van der Waals surface area (Å²) in [5.41, 5.74) is 4.37. The molecule has 0 fully saturated rings. The summed E-state index contributed by atoms with van der Waals surface area (Å²) in [4.78, 5) is 13.8. The van der Waals surface area contributed by atoms with Crippen LogP contribution in [0.4, 0.5) is 0 Å². The van der Waals surface area contributed by atoms with Gasteiger partial charge in [-0.1, -0.05) is 53.5 Å². The molecule has 1 atom stereocenters. The standard InChI is InChI=1S/C44H34Cl2O8/c1-49-35-15-13-27(23-41(35)51-3)37-19-25(21-39(53-37)29-9-5-7-11-33(29)45)17-31-43(47)32(44(31)48)18-26-20-38(28-14-16-36(50-2)42(24-28)52-4)54-40(22-26)30-10-6-8-12-34(30)46/h5-24,39,47H,1-4H3/b26-18-,31-17?. The second kappa shape index (κ2) is 15.5. The molecule has 1 unspecified atom stereocenters. The van der Waals surface area contributed by atoms with Crippen molar-refractivity contribution in [1.82, 2.24) is 0 Å². The molecule has 8 nitrogen and oxygen atoms in total. The zero-order valence-electron chi connectivity index (χ0n) is 29.7. The van der Waals surface area contributed by atoms with E-state index < -0.39 is 6.10 Å². The molecule has 0 spiro atoms. The normalized spacial score (nSPS) is 18.1. The highest BCUT2D eigenvalue weighted by Crippen LogP contribution is 2.42. The van der Waals surface area contributed by atoms with Crippen LogP contribution in [0.5, 0.6) is 23.0 Å². The molecule has 0 amide bonds. The molecule has 3 aliphatic rings. The van der Waals surface area contributed by atoms with Crippen LogP contribution in [0.3, 0.4) is 0 Å². The molecule has 4 aromatic rings. The number of halogens is 2. The lowest BCUT2D eigenvalue weighted by Crippen LogP contribution is -2.21. The number of aliphatic hydroxyl groups is 1. The first kappa shape index (κ1) is 36.3. The van der Waals surface area contributed by atoms with E-state index in [2.05, 4.69) is 0 Å². The van der Waals surface area contributed by atoms with Gasteiger partial charge in [-0.05, 0) is 102 Å². The fourth-order valence-electron chi connectivity index (χ4n) is 6.24. The number of ketones is 1. The fraction of sp³-hybridized carbons (Fsp3) is 0.114. The predicted molar refractivity (Wildman–Crippen MR) is 210 cm³/mol. The number of benzene rings is 4. The van der Waals surface area contributed by atoms with Crippen LogP contribution < -0.4 is 18.9 Å². The van der Waals surface area contributed by atoms with E-state index in [9.17, 15) is 9.90 Å². The van der Waals surface area contributed by atoms with Crippen molar-refractivity contribution in [2.24, 2.45) is 0 Å². The Hall–Kier alpha value is -6.09. The maximum atomic E-state index is 13.8. The van der Waals surface area contributed by atoms with Crippen molar-refractivity contribution in [3.63, 3.8) is 0 Å². The highest BCUT2D eigenvalue weighted by atomic mass is 35.5. The first-order valence-corrected chi connectivity index (χ1v) is 17.5. The van der Waals surface area contributed by atoms with Gasteiger partial charge < -0.3 is 33.5 Å². The van der Waals surface area contributed by atoms with E-state index in [4.69, 9.17) is 51.6 Å². The molecular weight excluding hydrogens is 727 g/mol. The third-order valence-corrected chi connectivity index (χ3v) is 9.69. The van der Waals surface area contributed by atoms with Crippen LogP contribution in [-0.2, 0) is 14.3 Å². The van der Waals surface area contributed by atoms with Gasteiger partial charge in [0, 0.05) is 27.3 Å². The number of ether oxygens (including phenoxy) is 6. The Morgan fingerprint density at radius 2 is 1.26 bits per heavy atom. The van der Waals surface area contributed by atoms with Gasteiger partial charge >= 0.3 is 0 Å². The van der Waals surface area contributed by atoms with E-state index in [1.54, 1.807) is 89.2 Å². The lowest BCUT2D eigenvalue weighted by molar-refractivity contribution is -0.113. The minimum atomic E-state index is -0.586. The number of carbonyl (C=O) groups excluding carboxylic acids is 1. The second-order valence-electron chi connectivity index (χ2n) is 12.3. The monoisotopic (exact) mass is 760 g/mol. The van der Waals surface area contributed by atoms with Crippen LogP contribution in [0.1, 0.15) is 28.4 Å². The third kappa shape index (κ3) is 7.14. The first-order chi connectivity index (χ1) is 26.2. The van der Waals surface area contributed by atoms with Crippen molar-refractivity contribution in [2.45, 2.75) is 6.10 Å². The number of methoxy groups -OCH3 is 4. The molecule has 2 aliphatic heterocycles. The smallest absolute Gasteiger partial charge is 0.200 e. The van der Waals surface area contributed by atoms with Gasteiger partial charge in [-0.3, -0.25) is 4.79 Å². The third-order valence-electron chi connectivity index (χ3n) is 9.02. The number of hydrogen-bond acceptors (Lipinski definition) is 8. The van der Waals surface area contributed by atoms with Crippen molar-refractivity contribution in [1.29, 1.82) is 0 Å². The van der Waals surface area contributed by atoms with E-state index in [0.717, 1.165) is 11.1 Å². The summed E-state index contributed by atoms with van der Waals surface area (Å²) in [5, 5.41) is 12.4. The summed E-state index contributed by atoms with van der Waals surface area (Å²) in [7, 11) is 6.25. The molecule has 0 bridgehead atoms. The molecule has 0 radical (unpaired) electrons. The molecule has 0 aromatic heterocycles. The van der Waals surface area contributed by atoms with Gasteiger partial charge in [0.25, 0.3) is 0 Å². The topological polar surface area (TPSA) is 92.7 Å². The molecule has 2 heterocycles. The molecule has 1 aliphatic carbocycles. The van der Waals surface area contributed by atoms with E-state index in [1.165, 1.54) is 0 Å². The largest absolute Gasteiger partial charge is 0.506 e. The van der Waals surface area contributed by atoms with Crippen molar-refractivity contribution in [2.75, 3.05) is 28.4 Å². The molecular formula is C44H34Cl2O8. The van der Waals surface area contributed by atoms with Gasteiger partial charge in [0.15, 0.2) is 23.0 Å². The Labute approximate surface area is 322 Å². The SMILES string of the molecule is COc1ccc(C2=C/C(=C/C3=C(O)C(=CC4=CC(c5ccccc5Cl)OC(c5ccc(OC)c(OC)c5)=C4)C3=O)C=C(c3ccccc3Cl)O2)cc1OC. The minimum absolute atomic E-state index is 0.143. The van der Waals surface area contributed by atoms with Crippen LogP contribution in [-0.4, -0.2) is 39.3 Å². The predicted octanol–water partition coefficient (Wildman–Crippen LogP) is 10.4. The molecule has 54 heavy (non-hydrogen) atoms. The lowest BCUT2D eigenvalue weighted by atomic mass is 9.84. The molecule has 10 heteroatoms. The van der Waals surface area contributed by atoms with Gasteiger partial charge in [-0.2, -0.15) is 0 Å². The second-order valence-corrected chi connectivity index (χ2v) is 13.1. The Kier molecular flexibility index (Phi) is 10.4. The van der Waals surface area contributed by atoms with Gasteiger partial charge in [0.2, 0.25) is 5.78 Å². The van der Waals surface area contributed by atoms with Crippen LogP contribution in [0.2, 0.25) is 10.0 Å². The Morgan fingerprint density at radius 1 is 0.667 bits per heavy atom. The van der Waals surface area contributed by atoms with Crippen molar-refractivity contribution in [3.05, 3.63) is 182 Å². The Morgan fingerprint density at radius 3 is 1.87 bits per heavy atom. The van der Waals surface area contributed by atoms with E-state index in [1.807, 2.05) is 60.7 Å². The number of rotatable bonds is 10.